The van der Waals surface area contributed by atoms with Gasteiger partial charge in [-0.1, -0.05) is 23.7 Å². The molecular formula is C16H10ClIN6O. The lowest BCUT2D eigenvalue weighted by molar-refractivity contribution is 0.314. The summed E-state index contributed by atoms with van der Waals surface area (Å²) in [6.07, 6.45) is 0. The number of aromatic nitrogens is 4. The highest BCUT2D eigenvalue weighted by Crippen LogP contribution is 2.29. The maximum Gasteiger partial charge on any atom is 0.245 e. The molecule has 7 nitrogen and oxygen atoms in total. The summed E-state index contributed by atoms with van der Waals surface area (Å²) in [5.41, 5.74) is 2.38. The molecule has 124 valence electrons. The molecule has 0 atom stereocenters. The second-order valence-electron chi connectivity index (χ2n) is 5.07. The van der Waals surface area contributed by atoms with Crippen LogP contribution >= 0.6 is 34.2 Å². The number of anilines is 4. The Balaban J connectivity index is 1.75. The van der Waals surface area contributed by atoms with Crippen LogP contribution < -0.4 is 10.6 Å². The molecule has 2 N–H and O–H groups in total. The fraction of sp³-hybridized carbons (Fsp3) is 0. The van der Waals surface area contributed by atoms with E-state index < -0.39 is 0 Å². The van der Waals surface area contributed by atoms with Crippen LogP contribution in [0.4, 0.5) is 23.0 Å². The maximum atomic E-state index is 5.93. The van der Waals surface area contributed by atoms with Gasteiger partial charge in [-0.25, -0.2) is 14.6 Å². The number of rotatable bonds is 4. The molecule has 0 aliphatic heterocycles. The van der Waals surface area contributed by atoms with Crippen LogP contribution in [0.15, 0.2) is 53.2 Å². The van der Waals surface area contributed by atoms with Crippen molar-refractivity contribution < 1.29 is 4.63 Å². The smallest absolute Gasteiger partial charge is 0.245 e. The van der Waals surface area contributed by atoms with Crippen LogP contribution in [0.1, 0.15) is 0 Å². The van der Waals surface area contributed by atoms with Crippen LogP contribution in [-0.4, -0.2) is 20.3 Å². The third-order valence-electron chi connectivity index (χ3n) is 3.35. The molecule has 0 saturated heterocycles. The molecule has 0 radical (unpaired) electrons. The molecular weight excluding hydrogens is 455 g/mol. The Morgan fingerprint density at radius 1 is 0.840 bits per heavy atom. The first kappa shape index (κ1) is 16.0. The minimum absolute atomic E-state index is 0.324. The van der Waals surface area contributed by atoms with Crippen molar-refractivity contribution in [3.05, 3.63) is 57.1 Å². The minimum atomic E-state index is 0.324. The maximum absolute atomic E-state index is 5.93. The molecule has 2 aromatic carbocycles. The van der Waals surface area contributed by atoms with Crippen molar-refractivity contribution in [1.29, 1.82) is 0 Å². The van der Waals surface area contributed by atoms with Crippen molar-refractivity contribution in [2.45, 2.75) is 0 Å². The lowest BCUT2D eigenvalue weighted by Crippen LogP contribution is -2.04. The number of hydrogen-bond acceptors (Lipinski definition) is 7. The Hall–Kier alpha value is -2.46. The van der Waals surface area contributed by atoms with Gasteiger partial charge in [0.2, 0.25) is 11.3 Å². The Kier molecular flexibility index (Phi) is 4.36. The molecule has 0 fully saturated rings. The third-order valence-corrected chi connectivity index (χ3v) is 4.54. The van der Waals surface area contributed by atoms with Gasteiger partial charge < -0.3 is 10.6 Å². The zero-order valence-corrected chi connectivity index (χ0v) is 15.5. The highest BCUT2D eigenvalue weighted by atomic mass is 127. The number of hydrogen-bond donors (Lipinski definition) is 2. The van der Waals surface area contributed by atoms with Gasteiger partial charge in [-0.05, 0) is 69.3 Å². The summed E-state index contributed by atoms with van der Waals surface area (Å²) in [4.78, 5) is 8.89. The zero-order chi connectivity index (χ0) is 17.2. The van der Waals surface area contributed by atoms with Gasteiger partial charge >= 0.3 is 0 Å². The summed E-state index contributed by atoms with van der Waals surface area (Å²) < 4.78 is 5.77. The first-order valence-electron chi connectivity index (χ1n) is 7.23. The number of benzene rings is 2. The summed E-state index contributed by atoms with van der Waals surface area (Å²) in [7, 11) is 0. The highest BCUT2D eigenvalue weighted by molar-refractivity contribution is 14.1. The number of para-hydroxylation sites is 1. The molecule has 0 unspecified atom stereocenters. The molecule has 0 aliphatic rings. The molecule has 0 amide bonds. The van der Waals surface area contributed by atoms with E-state index in [1.165, 1.54) is 0 Å². The van der Waals surface area contributed by atoms with Crippen molar-refractivity contribution in [2.24, 2.45) is 0 Å². The van der Waals surface area contributed by atoms with E-state index >= 15 is 0 Å². The molecule has 2 aromatic heterocycles. The fourth-order valence-corrected chi connectivity index (χ4v) is 2.82. The van der Waals surface area contributed by atoms with Gasteiger partial charge in [0.25, 0.3) is 0 Å². The van der Waals surface area contributed by atoms with Gasteiger partial charge in [0.1, 0.15) is 0 Å². The predicted molar refractivity (Wildman–Crippen MR) is 105 cm³/mol. The third kappa shape index (κ3) is 3.49. The van der Waals surface area contributed by atoms with E-state index in [2.05, 4.69) is 53.5 Å². The molecule has 4 rings (SSSR count). The Bertz CT molecular complexity index is 1040. The first-order valence-corrected chi connectivity index (χ1v) is 8.69. The summed E-state index contributed by atoms with van der Waals surface area (Å²) in [6.45, 7) is 0. The summed E-state index contributed by atoms with van der Waals surface area (Å²) >= 11 is 8.19. The van der Waals surface area contributed by atoms with E-state index in [9.17, 15) is 0 Å². The van der Waals surface area contributed by atoms with Crippen LogP contribution in [0.3, 0.4) is 0 Å². The van der Waals surface area contributed by atoms with Crippen LogP contribution in [-0.2, 0) is 0 Å². The standard InChI is InChI=1S/C16H10ClIN6O/c17-9-5-7-10(8-6-9)19-13-14(20-12-4-2-1-3-11(12)18)22-16-15(21-13)23-25-24-16/h1-8H,(H,19,21,23)(H,20,22,24). The summed E-state index contributed by atoms with van der Waals surface area (Å²) in [5, 5.41) is 14.7. The van der Waals surface area contributed by atoms with Gasteiger partial charge in [-0.15, -0.1) is 0 Å². The lowest BCUT2D eigenvalue weighted by Gasteiger charge is -2.12. The Labute approximate surface area is 160 Å². The van der Waals surface area contributed by atoms with Crippen LogP contribution in [0.2, 0.25) is 5.02 Å². The second kappa shape index (κ2) is 6.81. The topological polar surface area (TPSA) is 88.8 Å². The van der Waals surface area contributed by atoms with Crippen molar-refractivity contribution in [3.63, 3.8) is 0 Å². The van der Waals surface area contributed by atoms with Gasteiger partial charge in [-0.3, -0.25) is 0 Å². The van der Waals surface area contributed by atoms with E-state index in [-0.39, 0.29) is 0 Å². The number of fused-ring (bicyclic) bond motifs is 1. The number of halogens is 2. The minimum Gasteiger partial charge on any atom is -0.337 e. The van der Waals surface area contributed by atoms with Crippen molar-refractivity contribution in [2.75, 3.05) is 10.6 Å². The van der Waals surface area contributed by atoms with Crippen LogP contribution in [0, 0.1) is 3.57 Å². The molecule has 2 heterocycles. The molecule has 25 heavy (non-hydrogen) atoms. The summed E-state index contributed by atoms with van der Waals surface area (Å²) in [5.74, 6) is 1.02. The molecule has 0 bridgehead atoms. The van der Waals surface area contributed by atoms with E-state index in [1.54, 1.807) is 12.1 Å². The van der Waals surface area contributed by atoms with Crippen LogP contribution in [0.5, 0.6) is 0 Å². The van der Waals surface area contributed by atoms with Crippen molar-refractivity contribution >= 4 is 68.5 Å². The zero-order valence-electron chi connectivity index (χ0n) is 12.6. The lowest BCUT2D eigenvalue weighted by atomic mass is 10.3. The largest absolute Gasteiger partial charge is 0.337 e. The molecule has 4 aromatic rings. The number of nitrogens with zero attached hydrogens (tertiary/aromatic N) is 4. The van der Waals surface area contributed by atoms with E-state index in [1.807, 2.05) is 36.4 Å². The first-order chi connectivity index (χ1) is 12.2. The van der Waals surface area contributed by atoms with Crippen molar-refractivity contribution in [1.82, 2.24) is 20.3 Å². The van der Waals surface area contributed by atoms with Crippen LogP contribution in [0.25, 0.3) is 11.3 Å². The van der Waals surface area contributed by atoms with Gasteiger partial charge in [0.05, 0.1) is 5.69 Å². The Morgan fingerprint density at radius 3 is 2.16 bits per heavy atom. The molecule has 0 spiro atoms. The summed E-state index contributed by atoms with van der Waals surface area (Å²) in [6, 6.07) is 15.2. The molecule has 0 saturated carbocycles. The average Bonchev–Trinajstić information content (AvgIpc) is 3.06. The molecule has 0 aliphatic carbocycles. The number of nitrogens with one attached hydrogen (secondary N) is 2. The van der Waals surface area contributed by atoms with Gasteiger partial charge in [-0.2, -0.15) is 0 Å². The Morgan fingerprint density at radius 2 is 1.48 bits per heavy atom. The van der Waals surface area contributed by atoms with Gasteiger partial charge in [0.15, 0.2) is 11.6 Å². The van der Waals surface area contributed by atoms with E-state index in [0.29, 0.717) is 28.0 Å². The molecule has 9 heteroatoms. The average molecular weight is 465 g/mol. The van der Waals surface area contributed by atoms with E-state index in [4.69, 9.17) is 16.2 Å². The normalized spacial score (nSPS) is 10.8. The quantitative estimate of drug-likeness (QED) is 0.421. The van der Waals surface area contributed by atoms with Gasteiger partial charge in [0, 0.05) is 14.3 Å². The second-order valence-corrected chi connectivity index (χ2v) is 6.67. The van der Waals surface area contributed by atoms with E-state index in [0.717, 1.165) is 14.9 Å². The SMILES string of the molecule is Clc1ccc(Nc2nc3nonc3nc2Nc2ccccc2I)cc1. The highest BCUT2D eigenvalue weighted by Gasteiger charge is 2.14. The fourth-order valence-electron chi connectivity index (χ4n) is 2.17. The predicted octanol–water partition coefficient (Wildman–Crippen LogP) is 4.76. The van der Waals surface area contributed by atoms with Crippen molar-refractivity contribution in [3.8, 4) is 0 Å². The monoisotopic (exact) mass is 464 g/mol.